The van der Waals surface area contributed by atoms with E-state index in [0.717, 1.165) is 16.7 Å². The van der Waals surface area contributed by atoms with Crippen LogP contribution < -0.4 is 10.5 Å². The third kappa shape index (κ3) is 2.27. The number of hydrogen-bond donors (Lipinski definition) is 1. The Labute approximate surface area is 113 Å². The fraction of sp³-hybridized carbons (Fsp3) is 0.0714. The third-order valence-electron chi connectivity index (χ3n) is 2.91. The number of nitrogens with two attached hydrogens (primary N) is 1. The van der Waals surface area contributed by atoms with Gasteiger partial charge in [0.2, 0.25) is 0 Å². The van der Waals surface area contributed by atoms with Crippen molar-refractivity contribution < 1.29 is 13.5 Å². The molecule has 0 saturated carbocycles. The number of anilines is 1. The van der Waals surface area contributed by atoms with Gasteiger partial charge in [-0.15, -0.1) is 0 Å². The van der Waals surface area contributed by atoms with Crippen molar-refractivity contribution in [3.8, 4) is 11.4 Å². The average molecular weight is 275 g/mol. The van der Waals surface area contributed by atoms with Crippen LogP contribution in [0.15, 0.2) is 48.8 Å². The number of aromatic nitrogens is 2. The van der Waals surface area contributed by atoms with Crippen molar-refractivity contribution in [2.45, 2.75) is 6.61 Å². The van der Waals surface area contributed by atoms with Crippen LogP contribution in [0.3, 0.4) is 0 Å². The number of nitrogens with zero attached hydrogens (tertiary/aromatic N) is 2. The maximum atomic E-state index is 12.1. The molecule has 6 heteroatoms. The zero-order valence-corrected chi connectivity index (χ0v) is 10.3. The van der Waals surface area contributed by atoms with Crippen molar-refractivity contribution >= 4 is 16.7 Å². The van der Waals surface area contributed by atoms with Crippen molar-refractivity contribution in [3.63, 3.8) is 0 Å². The van der Waals surface area contributed by atoms with Crippen LogP contribution in [0.25, 0.3) is 16.7 Å². The Morgan fingerprint density at radius 2 is 1.85 bits per heavy atom. The molecule has 0 unspecified atom stereocenters. The van der Waals surface area contributed by atoms with Gasteiger partial charge >= 0.3 is 6.61 Å². The van der Waals surface area contributed by atoms with E-state index in [4.69, 9.17) is 5.73 Å². The van der Waals surface area contributed by atoms with Gasteiger partial charge in [0.1, 0.15) is 12.1 Å². The molecule has 0 aliphatic heterocycles. The van der Waals surface area contributed by atoms with Crippen LogP contribution in [0, 0.1) is 0 Å². The van der Waals surface area contributed by atoms with Crippen molar-refractivity contribution in [1.29, 1.82) is 0 Å². The summed E-state index contributed by atoms with van der Waals surface area (Å²) in [6.45, 7) is -2.82. The fourth-order valence-electron chi connectivity index (χ4n) is 2.02. The van der Waals surface area contributed by atoms with Crippen LogP contribution in [0.1, 0.15) is 0 Å². The summed E-state index contributed by atoms with van der Waals surface area (Å²) in [6, 6.07) is 11.8. The van der Waals surface area contributed by atoms with Gasteiger partial charge in [0.15, 0.2) is 0 Å². The number of imidazole rings is 1. The molecule has 102 valence electrons. The highest BCUT2D eigenvalue weighted by Crippen LogP contribution is 2.22. The van der Waals surface area contributed by atoms with Crippen LogP contribution in [-0.2, 0) is 0 Å². The second-order valence-electron chi connectivity index (χ2n) is 4.24. The van der Waals surface area contributed by atoms with Gasteiger partial charge in [0, 0.05) is 11.4 Å². The Balaban J connectivity index is 1.98. The largest absolute Gasteiger partial charge is 0.435 e. The van der Waals surface area contributed by atoms with Gasteiger partial charge in [-0.1, -0.05) is 0 Å². The minimum atomic E-state index is -2.82. The molecule has 0 saturated heterocycles. The second kappa shape index (κ2) is 4.80. The molecule has 0 spiro atoms. The third-order valence-corrected chi connectivity index (χ3v) is 2.91. The highest BCUT2D eigenvalue weighted by Gasteiger charge is 2.07. The van der Waals surface area contributed by atoms with Crippen molar-refractivity contribution in [2.24, 2.45) is 0 Å². The van der Waals surface area contributed by atoms with Crippen molar-refractivity contribution in [1.82, 2.24) is 9.55 Å². The number of alkyl halides is 2. The predicted octanol–water partition coefficient (Wildman–Crippen LogP) is 3.21. The van der Waals surface area contributed by atoms with E-state index >= 15 is 0 Å². The summed E-state index contributed by atoms with van der Waals surface area (Å²) >= 11 is 0. The molecule has 20 heavy (non-hydrogen) atoms. The number of fused-ring (bicyclic) bond motifs is 1. The van der Waals surface area contributed by atoms with Crippen LogP contribution in [0.5, 0.6) is 5.75 Å². The Hall–Kier alpha value is -2.63. The average Bonchev–Trinajstić information content (AvgIpc) is 2.82. The Bertz CT molecular complexity index is 738. The molecular formula is C14H11F2N3O. The molecule has 0 radical (unpaired) electrons. The minimum absolute atomic E-state index is 0.123. The summed E-state index contributed by atoms with van der Waals surface area (Å²) in [5, 5.41) is 0. The fourth-order valence-corrected chi connectivity index (χ4v) is 2.02. The minimum Gasteiger partial charge on any atom is -0.435 e. The van der Waals surface area contributed by atoms with Crippen molar-refractivity contribution in [3.05, 3.63) is 48.8 Å². The molecule has 2 N–H and O–H groups in total. The van der Waals surface area contributed by atoms with E-state index in [-0.39, 0.29) is 5.75 Å². The molecule has 3 aromatic rings. The summed E-state index contributed by atoms with van der Waals surface area (Å²) in [5.74, 6) is 0.123. The molecular weight excluding hydrogens is 264 g/mol. The summed E-state index contributed by atoms with van der Waals surface area (Å²) in [4.78, 5) is 4.26. The molecule has 3 rings (SSSR count). The van der Waals surface area contributed by atoms with Gasteiger partial charge in [0.05, 0.1) is 11.0 Å². The lowest BCUT2D eigenvalue weighted by Gasteiger charge is -2.07. The van der Waals surface area contributed by atoms with Crippen LogP contribution in [0.2, 0.25) is 0 Å². The molecule has 0 amide bonds. The van der Waals surface area contributed by atoms with Crippen molar-refractivity contribution in [2.75, 3.05) is 5.73 Å². The van der Waals surface area contributed by atoms with E-state index in [1.807, 2.05) is 10.6 Å². The van der Waals surface area contributed by atoms with Gasteiger partial charge in [-0.25, -0.2) is 4.98 Å². The molecule has 0 bridgehead atoms. The number of rotatable bonds is 3. The standard InChI is InChI=1S/C14H11F2N3O/c15-14(16)20-11-4-2-10(3-5-11)19-8-18-12-7-9(17)1-6-13(12)19/h1-8,14H,17H2. The maximum Gasteiger partial charge on any atom is 0.387 e. The molecule has 1 heterocycles. The number of halogens is 2. The lowest BCUT2D eigenvalue weighted by Crippen LogP contribution is -2.02. The van der Waals surface area contributed by atoms with Gasteiger partial charge in [-0.2, -0.15) is 8.78 Å². The summed E-state index contributed by atoms with van der Waals surface area (Å²) in [5.41, 5.74) is 8.81. The SMILES string of the molecule is Nc1ccc2c(c1)ncn2-c1ccc(OC(F)F)cc1. The first-order valence-electron chi connectivity index (χ1n) is 5.91. The van der Waals surface area contributed by atoms with E-state index in [0.29, 0.717) is 5.69 Å². The van der Waals surface area contributed by atoms with Crippen LogP contribution >= 0.6 is 0 Å². The smallest absolute Gasteiger partial charge is 0.387 e. The van der Waals surface area contributed by atoms with Gasteiger partial charge in [-0.3, -0.25) is 4.57 Å². The number of benzene rings is 2. The van der Waals surface area contributed by atoms with E-state index < -0.39 is 6.61 Å². The van der Waals surface area contributed by atoms with Crippen LogP contribution in [0.4, 0.5) is 14.5 Å². The molecule has 0 atom stereocenters. The number of nitrogen functional groups attached to an aromatic ring is 1. The molecule has 2 aromatic carbocycles. The highest BCUT2D eigenvalue weighted by molar-refractivity contribution is 5.80. The molecule has 4 nitrogen and oxygen atoms in total. The van der Waals surface area contributed by atoms with Crippen LogP contribution in [-0.4, -0.2) is 16.2 Å². The van der Waals surface area contributed by atoms with Gasteiger partial charge in [0.25, 0.3) is 0 Å². The topological polar surface area (TPSA) is 53.1 Å². The number of hydrogen-bond acceptors (Lipinski definition) is 3. The lowest BCUT2D eigenvalue weighted by molar-refractivity contribution is -0.0498. The summed E-state index contributed by atoms with van der Waals surface area (Å²) in [6.07, 6.45) is 1.66. The molecule has 0 fully saturated rings. The Kier molecular flexibility index (Phi) is 2.98. The molecule has 1 aromatic heterocycles. The zero-order chi connectivity index (χ0) is 14.1. The highest BCUT2D eigenvalue weighted by atomic mass is 19.3. The Morgan fingerprint density at radius 1 is 1.10 bits per heavy atom. The van der Waals surface area contributed by atoms with E-state index in [1.54, 1.807) is 30.6 Å². The first kappa shape index (κ1) is 12.4. The Morgan fingerprint density at radius 3 is 2.55 bits per heavy atom. The van der Waals surface area contributed by atoms with Gasteiger partial charge in [-0.05, 0) is 42.5 Å². The number of ether oxygens (including phenoxy) is 1. The quantitative estimate of drug-likeness (QED) is 0.747. The molecule has 0 aliphatic carbocycles. The van der Waals surface area contributed by atoms with E-state index in [2.05, 4.69) is 9.72 Å². The summed E-state index contributed by atoms with van der Waals surface area (Å²) < 4.78 is 30.3. The predicted molar refractivity (Wildman–Crippen MR) is 72.1 cm³/mol. The monoisotopic (exact) mass is 275 g/mol. The summed E-state index contributed by atoms with van der Waals surface area (Å²) in [7, 11) is 0. The zero-order valence-electron chi connectivity index (χ0n) is 10.3. The first-order chi connectivity index (χ1) is 9.63. The lowest BCUT2D eigenvalue weighted by atomic mass is 10.2. The maximum absolute atomic E-state index is 12.1. The molecule has 0 aliphatic rings. The normalized spacial score (nSPS) is 11.2. The second-order valence-corrected chi connectivity index (χ2v) is 4.24. The van der Waals surface area contributed by atoms with Gasteiger partial charge < -0.3 is 10.5 Å². The van der Waals surface area contributed by atoms with E-state index in [1.165, 1.54) is 12.1 Å². The first-order valence-corrected chi connectivity index (χ1v) is 5.91. The van der Waals surface area contributed by atoms with E-state index in [9.17, 15) is 8.78 Å².